The molecule has 1 aliphatic carbocycles. The number of halogens is 1. The summed E-state index contributed by atoms with van der Waals surface area (Å²) in [6, 6.07) is 46.6. The third-order valence-electron chi connectivity index (χ3n) is 19.8. The van der Waals surface area contributed by atoms with E-state index in [1.54, 1.807) is 197 Å². The molecular weight excluding hydrogens is 1760 g/mol. The Morgan fingerprint density at radius 2 is 0.794 bits per heavy atom. The molecule has 0 atom stereocenters. The van der Waals surface area contributed by atoms with Gasteiger partial charge < -0.3 is 28.6 Å². The van der Waals surface area contributed by atoms with Gasteiger partial charge in [-0.25, -0.2) is 39.9 Å². The van der Waals surface area contributed by atoms with E-state index in [0.29, 0.717) is 115 Å². The van der Waals surface area contributed by atoms with E-state index in [2.05, 4.69) is 102 Å². The quantitative estimate of drug-likeness (QED) is 0.0364. The minimum atomic E-state index is -0.373. The van der Waals surface area contributed by atoms with Gasteiger partial charge >= 0.3 is 0 Å². The fourth-order valence-electron chi connectivity index (χ4n) is 12.7. The molecule has 0 saturated heterocycles. The monoisotopic (exact) mass is 1850 g/mol. The first-order valence-electron chi connectivity index (χ1n) is 42.7. The van der Waals surface area contributed by atoms with Crippen LogP contribution in [0.5, 0.6) is 57.5 Å². The highest BCUT2D eigenvalue weighted by atomic mass is 32.1. The highest BCUT2D eigenvalue weighted by Crippen LogP contribution is 2.33. The van der Waals surface area contributed by atoms with Crippen LogP contribution in [0.1, 0.15) is 151 Å². The Balaban J connectivity index is 0.000000138. The summed E-state index contributed by atoms with van der Waals surface area (Å²) >= 11 is 2.35. The van der Waals surface area contributed by atoms with Crippen molar-refractivity contribution in [1.29, 1.82) is 0 Å². The number of aromatic nitrogens is 19. The van der Waals surface area contributed by atoms with E-state index >= 15 is 0 Å². The maximum Gasteiger partial charge on any atom is 0.199 e. The number of carbonyl (C=O) groups is 6. The number of thiazole rings is 2. The molecule has 0 bridgehead atoms. The molecule has 17 aromatic rings. The largest absolute Gasteiger partial charge is 0.456 e. The van der Waals surface area contributed by atoms with E-state index in [4.69, 9.17) is 23.7 Å². The summed E-state index contributed by atoms with van der Waals surface area (Å²) in [7, 11) is 1.89. The molecule has 16 heterocycles. The molecule has 0 N–H and O–H groups in total. The number of benzene rings is 1. The molecule has 136 heavy (non-hydrogen) atoms. The number of anilines is 2. The lowest BCUT2D eigenvalue weighted by atomic mass is 9.81. The Kier molecular flexibility index (Phi) is 35.5. The molecule has 1 saturated carbocycles. The van der Waals surface area contributed by atoms with Crippen molar-refractivity contribution in [3.8, 4) is 57.5 Å². The van der Waals surface area contributed by atoms with Crippen molar-refractivity contribution in [2.45, 2.75) is 98.8 Å². The Morgan fingerprint density at radius 3 is 1.22 bits per heavy atom. The number of ketones is 6. The van der Waals surface area contributed by atoms with Crippen LogP contribution in [0.4, 0.5) is 15.8 Å². The number of nitrogens with zero attached hydrogens (tertiary/aromatic N) is 20. The molecule has 0 spiro atoms. The summed E-state index contributed by atoms with van der Waals surface area (Å²) in [5.74, 6) is 5.65. The lowest BCUT2D eigenvalue weighted by Gasteiger charge is -2.24. The van der Waals surface area contributed by atoms with E-state index < -0.39 is 0 Å². The molecule has 1 aromatic carbocycles. The second-order valence-electron chi connectivity index (χ2n) is 30.3. The van der Waals surface area contributed by atoms with Crippen LogP contribution < -0.4 is 28.6 Å². The SMILES string of the molecule is CCc1ccnc(CC(=O)c2cc(Oc3cncnc3)ccn2)c1.Cc1ccc(CC(=O)c2cc(N(C)c3cncnc3)ccn2)nc1.Cc1cccc(CC(=O)c2cc(Oc3cccnc3)ccn2)c1.Cc1csc(CC(=O)c2cc(Oc3cccnc3)ccn2)n1.Cc1nc(CC(=O)c2cc(Oc3cncnc3)ccn2)sc1F.O=C(CC1CCC1)c1cc(Oc2cccnc2)ccn1. The van der Waals surface area contributed by atoms with Crippen molar-refractivity contribution in [3.63, 3.8) is 0 Å². The van der Waals surface area contributed by atoms with Gasteiger partial charge in [0.1, 0.15) is 109 Å². The number of carbonyl (C=O) groups excluding carboxylic acids is 6. The molecule has 0 amide bonds. The number of aryl methyl sites for hydroxylation is 5. The van der Waals surface area contributed by atoms with Crippen molar-refractivity contribution in [2.75, 3.05) is 11.9 Å². The normalized spacial score (nSPS) is 11.0. The summed E-state index contributed by atoms with van der Waals surface area (Å²) in [4.78, 5) is 153. The lowest BCUT2D eigenvalue weighted by molar-refractivity contribution is 0.0927. The minimum Gasteiger partial charge on any atom is -0.456 e. The van der Waals surface area contributed by atoms with Crippen LogP contribution in [-0.2, 0) is 38.5 Å². The first-order chi connectivity index (χ1) is 66.2. The fraction of sp³-hybridized carbons (Fsp3) is 0.167. The highest BCUT2D eigenvalue weighted by Gasteiger charge is 2.24. The first-order valence-corrected chi connectivity index (χ1v) is 44.4. The summed E-state index contributed by atoms with van der Waals surface area (Å²) in [5.41, 5.74) is 11.0. The van der Waals surface area contributed by atoms with Crippen LogP contribution in [0.2, 0.25) is 0 Å². The number of pyridine rings is 11. The van der Waals surface area contributed by atoms with Gasteiger partial charge in [-0.2, -0.15) is 4.39 Å². The van der Waals surface area contributed by atoms with Gasteiger partial charge in [-0.1, -0.05) is 73.4 Å². The van der Waals surface area contributed by atoms with Crippen LogP contribution in [0.15, 0.2) is 306 Å². The lowest BCUT2D eigenvalue weighted by Crippen LogP contribution is -2.16. The van der Waals surface area contributed by atoms with Crippen LogP contribution in [0.25, 0.3) is 0 Å². The third kappa shape index (κ3) is 30.9. The second-order valence-corrected chi connectivity index (χ2v) is 32.2. The Labute approximate surface area is 790 Å². The topological polar surface area (TPSA) is 397 Å². The summed E-state index contributed by atoms with van der Waals surface area (Å²) in [5, 5.41) is 2.78. The molecule has 34 heteroatoms. The van der Waals surface area contributed by atoms with Gasteiger partial charge in [0.05, 0.1) is 92.8 Å². The first kappa shape index (κ1) is 96.7. The standard InChI is InChI=1S/C19H16N2O2.C18H17N5O.C18H16N4O2.C16H13N3O2S.C16H16N2O2.C15H11FN4O2S/c1-14-4-2-5-15(10-14)11-19(22)18-12-16(7-9-21-18)23-17-6-3-8-20-13-17;1-13-3-4-14(22-9-13)7-18(24)17-8-15(5-6-21-17)23(2)16-10-19-12-20-11-16;1-2-13-3-5-21-14(7-13)8-18(23)17-9-15(4-6-22-17)24-16-10-19-12-20-11-16;1-11-10-22-16(19-11)8-15(20)14-7-12(4-6-18-14)21-13-3-2-5-17-9-13;19-16(9-12-3-1-4-12)15-10-13(6-8-18-15)20-14-5-2-7-17-11-14;1-9-15(16)23-14(20-9)5-13(21)12-4-10(2-3-19-12)22-11-6-17-8-18-7-11/h2-10,12-13H,11H2,1H3;3-6,8-12H,7H2,1-2H3;3-7,9-12H,2,8H2,1H3;2-7,9-10H,8H2,1H3;2,5-8,10-12H,1,3-4,9H2;2-4,6-8H,5H2,1H3. The van der Waals surface area contributed by atoms with Gasteiger partial charge in [-0.3, -0.25) is 83.6 Å². The van der Waals surface area contributed by atoms with Crippen LogP contribution in [0.3, 0.4) is 0 Å². The molecule has 1 fully saturated rings. The fourth-order valence-corrected chi connectivity index (χ4v) is 14.2. The zero-order valence-corrected chi connectivity index (χ0v) is 76.3. The van der Waals surface area contributed by atoms with E-state index in [1.807, 2.05) is 105 Å². The van der Waals surface area contributed by atoms with Gasteiger partial charge in [-0.15, -0.1) is 11.3 Å². The molecule has 31 nitrogen and oxygen atoms in total. The smallest absolute Gasteiger partial charge is 0.199 e. The van der Waals surface area contributed by atoms with Gasteiger partial charge in [0.25, 0.3) is 0 Å². The van der Waals surface area contributed by atoms with Crippen molar-refractivity contribution in [3.05, 3.63) is 400 Å². The highest BCUT2D eigenvalue weighted by molar-refractivity contribution is 7.10. The molecule has 0 aliphatic heterocycles. The number of Topliss-reactive ketones (excluding diaryl/α,β-unsaturated/α-hetero) is 6. The molecule has 0 radical (unpaired) electrons. The van der Waals surface area contributed by atoms with Crippen molar-refractivity contribution >= 4 is 68.7 Å². The van der Waals surface area contributed by atoms with Crippen LogP contribution in [0, 0.1) is 38.7 Å². The second kappa shape index (κ2) is 49.9. The predicted molar refractivity (Wildman–Crippen MR) is 507 cm³/mol. The molecular formula is C102H89FN20O11S2. The summed E-state index contributed by atoms with van der Waals surface area (Å²) in [6.07, 6.45) is 42.7. The van der Waals surface area contributed by atoms with E-state index in [-0.39, 0.29) is 71.2 Å². The average molecular weight is 1850 g/mol. The van der Waals surface area contributed by atoms with Crippen LogP contribution >= 0.6 is 22.7 Å². The number of ether oxygens (including phenoxy) is 5. The van der Waals surface area contributed by atoms with Gasteiger partial charge in [0.15, 0.2) is 51.3 Å². The molecule has 18 rings (SSSR count). The van der Waals surface area contributed by atoms with Gasteiger partial charge in [0.2, 0.25) is 0 Å². The Hall–Kier alpha value is -16.9. The van der Waals surface area contributed by atoms with E-state index in [0.717, 1.165) is 86.3 Å². The molecule has 0 unspecified atom stereocenters. The third-order valence-corrected chi connectivity index (χ3v) is 21.7. The van der Waals surface area contributed by atoms with Crippen molar-refractivity contribution in [2.24, 2.45) is 5.92 Å². The van der Waals surface area contributed by atoms with Crippen molar-refractivity contribution < 1.29 is 56.8 Å². The number of hydrogen-bond acceptors (Lipinski definition) is 33. The van der Waals surface area contributed by atoms with E-state index in [1.165, 1.54) is 61.4 Å². The maximum atomic E-state index is 13.3. The molecule has 16 aromatic heterocycles. The minimum absolute atomic E-state index is 0.000325. The van der Waals surface area contributed by atoms with Gasteiger partial charge in [0, 0.05) is 147 Å². The number of hydrogen-bond donors (Lipinski definition) is 0. The van der Waals surface area contributed by atoms with Gasteiger partial charge in [-0.05, 0) is 154 Å². The predicted octanol–water partition coefficient (Wildman–Crippen LogP) is 19.9. The molecule has 1 aliphatic rings. The van der Waals surface area contributed by atoms with Crippen molar-refractivity contribution in [1.82, 2.24) is 94.7 Å². The summed E-state index contributed by atoms with van der Waals surface area (Å²) in [6.45, 7) is 9.51. The zero-order chi connectivity index (χ0) is 95.2. The Morgan fingerprint density at radius 1 is 0.360 bits per heavy atom. The number of rotatable bonds is 31. The maximum absolute atomic E-state index is 13.3. The summed E-state index contributed by atoms with van der Waals surface area (Å²) < 4.78 is 41.5. The van der Waals surface area contributed by atoms with Crippen LogP contribution in [-0.4, -0.2) is 136 Å². The Bertz CT molecular complexity index is 6790. The molecule has 682 valence electrons. The average Bonchev–Trinajstić information content (AvgIpc) is 0.904. The zero-order valence-electron chi connectivity index (χ0n) is 74.6. The van der Waals surface area contributed by atoms with E-state index in [9.17, 15) is 33.2 Å².